The van der Waals surface area contributed by atoms with E-state index in [-0.39, 0.29) is 42.7 Å². The van der Waals surface area contributed by atoms with Crippen molar-refractivity contribution in [1.29, 1.82) is 0 Å². The van der Waals surface area contributed by atoms with Gasteiger partial charge in [0.15, 0.2) is 0 Å². The van der Waals surface area contributed by atoms with E-state index in [0.717, 1.165) is 12.0 Å². The smallest absolute Gasteiger partial charge is 0.259 e. The molecule has 36 heavy (non-hydrogen) atoms. The molecule has 0 aliphatic carbocycles. The van der Waals surface area contributed by atoms with E-state index in [1.807, 2.05) is 26.0 Å². The highest BCUT2D eigenvalue weighted by Gasteiger charge is 2.34. The Bertz CT molecular complexity index is 1110. The predicted octanol–water partition coefficient (Wildman–Crippen LogP) is 2.80. The van der Waals surface area contributed by atoms with E-state index in [1.54, 1.807) is 41.5 Å². The summed E-state index contributed by atoms with van der Waals surface area (Å²) < 4.78 is 6.28. The van der Waals surface area contributed by atoms with E-state index in [2.05, 4.69) is 35.7 Å². The third-order valence-corrected chi connectivity index (χ3v) is 6.25. The van der Waals surface area contributed by atoms with Crippen LogP contribution in [0.25, 0.3) is 0 Å². The molecule has 0 fully saturated rings. The highest BCUT2D eigenvalue weighted by Crippen LogP contribution is 2.27. The third-order valence-electron chi connectivity index (χ3n) is 6.25. The van der Waals surface area contributed by atoms with Gasteiger partial charge in [-0.25, -0.2) is 4.98 Å². The highest BCUT2D eigenvalue weighted by atomic mass is 16.5. The molecule has 2 aromatic rings. The van der Waals surface area contributed by atoms with Gasteiger partial charge in [0.25, 0.3) is 5.91 Å². The molecule has 0 bridgehead atoms. The largest absolute Gasteiger partial charge is 0.472 e. The lowest BCUT2D eigenvalue weighted by molar-refractivity contribution is -0.130. The Morgan fingerprint density at radius 3 is 2.69 bits per heavy atom. The molecule has 8 nitrogen and oxygen atoms in total. The summed E-state index contributed by atoms with van der Waals surface area (Å²) in [5, 5.41) is 9.83. The van der Waals surface area contributed by atoms with Crippen molar-refractivity contribution in [3.63, 3.8) is 0 Å². The summed E-state index contributed by atoms with van der Waals surface area (Å²) in [4.78, 5) is 38.1. The van der Waals surface area contributed by atoms with Crippen molar-refractivity contribution in [2.45, 2.75) is 52.7 Å². The molecule has 2 amide bonds. The normalized spacial score (nSPS) is 18.3. The van der Waals surface area contributed by atoms with Crippen molar-refractivity contribution in [3.05, 3.63) is 53.5 Å². The molecule has 1 aliphatic heterocycles. The monoisotopic (exact) mass is 492 g/mol. The van der Waals surface area contributed by atoms with Crippen LogP contribution in [-0.4, -0.2) is 75.6 Å². The van der Waals surface area contributed by atoms with Crippen LogP contribution in [0.2, 0.25) is 0 Å². The van der Waals surface area contributed by atoms with Crippen LogP contribution < -0.4 is 4.74 Å². The van der Waals surface area contributed by atoms with E-state index < -0.39 is 6.10 Å². The van der Waals surface area contributed by atoms with Gasteiger partial charge in [-0.05, 0) is 36.6 Å². The fourth-order valence-electron chi connectivity index (χ4n) is 3.93. The minimum Gasteiger partial charge on any atom is -0.472 e. The minimum absolute atomic E-state index is 0.0420. The molecular formula is C28H36N4O4. The summed E-state index contributed by atoms with van der Waals surface area (Å²) in [6.45, 7) is 8.53. The van der Waals surface area contributed by atoms with Crippen molar-refractivity contribution in [3.8, 4) is 17.7 Å². The van der Waals surface area contributed by atoms with Crippen LogP contribution in [0.3, 0.4) is 0 Å². The number of likely N-dealkylation sites (N-methyl/N-ethyl adjacent to an activating group) is 1. The molecule has 3 atom stereocenters. The number of ether oxygens (including phenoxy) is 1. The number of carbonyl (C=O) groups excluding carboxylic acids is 2. The van der Waals surface area contributed by atoms with Crippen LogP contribution >= 0.6 is 0 Å². The lowest BCUT2D eigenvalue weighted by Crippen LogP contribution is -2.50. The molecule has 0 unspecified atom stereocenters. The van der Waals surface area contributed by atoms with E-state index in [1.165, 1.54) is 0 Å². The van der Waals surface area contributed by atoms with Crippen LogP contribution in [-0.2, 0) is 11.2 Å². The maximum Gasteiger partial charge on any atom is 0.259 e. The zero-order valence-corrected chi connectivity index (χ0v) is 21.8. The van der Waals surface area contributed by atoms with Gasteiger partial charge in [-0.3, -0.25) is 14.6 Å². The molecule has 0 saturated heterocycles. The van der Waals surface area contributed by atoms with Crippen LogP contribution in [0.1, 0.15) is 55.6 Å². The standard InChI is InChI=1S/C28H36N4O4/c1-19(2)7-6-8-23-13-24-27(30-15-23)36-25(20(3)16-32(28(24)35)21(4)18-33)17-31(5)26(34)14-22-9-11-29-12-10-22/h9-13,15,19-21,25,33H,7,14,16-18H2,1-5H3/t20-,21+,25+/m1/s1. The number of fused-ring (bicyclic) bond motifs is 1. The Kier molecular flexibility index (Phi) is 9.43. The zero-order chi connectivity index (χ0) is 26.2. The number of hydrogen-bond acceptors (Lipinski definition) is 6. The van der Waals surface area contributed by atoms with Crippen molar-refractivity contribution >= 4 is 11.8 Å². The first kappa shape index (κ1) is 27.2. The third kappa shape index (κ3) is 7.05. The van der Waals surface area contributed by atoms with Crippen LogP contribution in [0, 0.1) is 23.7 Å². The van der Waals surface area contributed by atoms with E-state index in [0.29, 0.717) is 30.1 Å². The Morgan fingerprint density at radius 1 is 1.31 bits per heavy atom. The Morgan fingerprint density at radius 2 is 2.03 bits per heavy atom. The second-order valence-electron chi connectivity index (χ2n) is 9.91. The maximum atomic E-state index is 13.5. The number of nitrogens with zero attached hydrogens (tertiary/aromatic N) is 4. The quantitative estimate of drug-likeness (QED) is 0.597. The van der Waals surface area contributed by atoms with Gasteiger partial charge in [0.05, 0.1) is 25.6 Å². The van der Waals surface area contributed by atoms with E-state index in [4.69, 9.17) is 4.74 Å². The van der Waals surface area contributed by atoms with E-state index in [9.17, 15) is 14.7 Å². The van der Waals surface area contributed by atoms with Crippen molar-refractivity contribution in [2.24, 2.45) is 11.8 Å². The average Bonchev–Trinajstić information content (AvgIpc) is 2.86. The fraction of sp³-hybridized carbons (Fsp3) is 0.500. The molecule has 0 aromatic carbocycles. The zero-order valence-electron chi connectivity index (χ0n) is 21.8. The number of amides is 2. The Balaban J connectivity index is 1.87. The summed E-state index contributed by atoms with van der Waals surface area (Å²) in [6, 6.07) is 4.97. The second kappa shape index (κ2) is 12.5. The number of aromatic nitrogens is 2. The van der Waals surface area contributed by atoms with Gasteiger partial charge in [0.2, 0.25) is 11.8 Å². The Labute approximate surface area is 213 Å². The number of aliphatic hydroxyl groups excluding tert-OH is 1. The minimum atomic E-state index is -0.401. The Hall–Kier alpha value is -3.44. The summed E-state index contributed by atoms with van der Waals surface area (Å²) in [5.41, 5.74) is 1.84. The predicted molar refractivity (Wildman–Crippen MR) is 137 cm³/mol. The average molecular weight is 493 g/mol. The number of rotatable bonds is 7. The number of hydrogen-bond donors (Lipinski definition) is 1. The molecule has 1 aliphatic rings. The van der Waals surface area contributed by atoms with Crippen molar-refractivity contribution in [1.82, 2.24) is 19.8 Å². The van der Waals surface area contributed by atoms with E-state index >= 15 is 0 Å². The van der Waals surface area contributed by atoms with Crippen LogP contribution in [0.15, 0.2) is 36.8 Å². The fourth-order valence-corrected chi connectivity index (χ4v) is 3.93. The van der Waals surface area contributed by atoms with Gasteiger partial charge in [0.1, 0.15) is 11.7 Å². The molecule has 2 aromatic heterocycles. The number of carbonyl (C=O) groups is 2. The van der Waals surface area contributed by atoms with Gasteiger partial charge >= 0.3 is 0 Å². The van der Waals surface area contributed by atoms with Crippen molar-refractivity contribution < 1.29 is 19.4 Å². The first-order valence-corrected chi connectivity index (χ1v) is 12.4. The first-order valence-electron chi connectivity index (χ1n) is 12.4. The molecule has 1 N–H and O–H groups in total. The summed E-state index contributed by atoms with van der Waals surface area (Å²) in [7, 11) is 1.75. The second-order valence-corrected chi connectivity index (χ2v) is 9.91. The molecule has 192 valence electrons. The molecule has 0 radical (unpaired) electrons. The molecule has 8 heteroatoms. The topological polar surface area (TPSA) is 95.9 Å². The lowest BCUT2D eigenvalue weighted by atomic mass is 9.99. The van der Waals surface area contributed by atoms with Crippen molar-refractivity contribution in [2.75, 3.05) is 26.7 Å². The summed E-state index contributed by atoms with van der Waals surface area (Å²) in [5.74, 6) is 6.47. The molecule has 0 spiro atoms. The van der Waals surface area contributed by atoms with Gasteiger partial charge in [-0.2, -0.15) is 0 Å². The van der Waals surface area contributed by atoms with Gasteiger partial charge in [0, 0.05) is 50.1 Å². The van der Waals surface area contributed by atoms with Gasteiger partial charge in [-0.15, -0.1) is 0 Å². The van der Waals surface area contributed by atoms with Crippen LogP contribution in [0.5, 0.6) is 5.88 Å². The van der Waals surface area contributed by atoms with Gasteiger partial charge in [-0.1, -0.05) is 32.6 Å². The SMILES string of the molecule is CC(C)CC#Cc1cnc2c(c1)C(=O)N([C@@H](C)CO)C[C@@H](C)[C@H](CN(C)C(=O)Cc1ccncc1)O2. The molecule has 3 heterocycles. The number of aliphatic hydroxyl groups is 1. The maximum absolute atomic E-state index is 13.5. The lowest BCUT2D eigenvalue weighted by Gasteiger charge is -2.37. The summed E-state index contributed by atoms with van der Waals surface area (Å²) in [6.07, 6.45) is 5.55. The van der Waals surface area contributed by atoms with Crippen LogP contribution in [0.4, 0.5) is 0 Å². The summed E-state index contributed by atoms with van der Waals surface area (Å²) >= 11 is 0. The molecule has 0 saturated carbocycles. The first-order chi connectivity index (χ1) is 17.2. The molecule has 3 rings (SSSR count). The highest BCUT2D eigenvalue weighted by molar-refractivity contribution is 5.97. The van der Waals surface area contributed by atoms with Gasteiger partial charge < -0.3 is 19.6 Å². The molecular weight excluding hydrogens is 456 g/mol. The number of pyridine rings is 2.